The Morgan fingerprint density at radius 2 is 1.88 bits per heavy atom. The smallest absolute Gasteiger partial charge is 0.236 e. The van der Waals surface area contributed by atoms with Crippen LogP contribution in [0.25, 0.3) is 0 Å². The molecule has 1 aliphatic rings. The Morgan fingerprint density at radius 3 is 2.45 bits per heavy atom. The van der Waals surface area contributed by atoms with Crippen molar-refractivity contribution in [1.82, 2.24) is 15.2 Å². The fourth-order valence-corrected chi connectivity index (χ4v) is 3.86. The van der Waals surface area contributed by atoms with Gasteiger partial charge in [-0.2, -0.15) is 10.4 Å². The zero-order valence-electron chi connectivity index (χ0n) is 18.2. The van der Waals surface area contributed by atoms with Gasteiger partial charge in [0.15, 0.2) is 6.19 Å². The van der Waals surface area contributed by atoms with E-state index in [2.05, 4.69) is 10.3 Å². The SMILES string of the molecule is CCN(C(=O)CN)C1CN(C(=NCCc2ccc(Cl)cc2)NC#N)N=C1c1ccc(Cl)cc1. The number of aliphatic imine (C=N–C) groups is 1. The molecule has 10 heteroatoms. The number of rotatable bonds is 7. The van der Waals surface area contributed by atoms with Gasteiger partial charge in [-0.25, -0.2) is 5.01 Å². The highest BCUT2D eigenvalue weighted by Crippen LogP contribution is 2.21. The molecule has 0 fully saturated rings. The summed E-state index contributed by atoms with van der Waals surface area (Å²) >= 11 is 12.0. The zero-order valence-corrected chi connectivity index (χ0v) is 19.7. The van der Waals surface area contributed by atoms with Crippen molar-refractivity contribution in [2.24, 2.45) is 15.8 Å². The van der Waals surface area contributed by atoms with E-state index in [-0.39, 0.29) is 18.5 Å². The Bertz CT molecular complexity index is 1060. The van der Waals surface area contributed by atoms with Crippen LogP contribution < -0.4 is 11.1 Å². The van der Waals surface area contributed by atoms with Gasteiger partial charge in [-0.1, -0.05) is 47.5 Å². The molecule has 0 aromatic heterocycles. The largest absolute Gasteiger partial charge is 0.331 e. The quantitative estimate of drug-likeness (QED) is 0.271. The van der Waals surface area contributed by atoms with Crippen molar-refractivity contribution in [2.45, 2.75) is 19.4 Å². The van der Waals surface area contributed by atoms with Crippen LogP contribution in [0.4, 0.5) is 0 Å². The van der Waals surface area contributed by atoms with E-state index in [4.69, 9.17) is 34.0 Å². The summed E-state index contributed by atoms with van der Waals surface area (Å²) in [5, 5.41) is 19.5. The van der Waals surface area contributed by atoms with Crippen LogP contribution in [0.1, 0.15) is 18.1 Å². The van der Waals surface area contributed by atoms with Crippen molar-refractivity contribution in [1.29, 1.82) is 5.26 Å². The maximum absolute atomic E-state index is 12.5. The van der Waals surface area contributed by atoms with Gasteiger partial charge in [0, 0.05) is 28.7 Å². The van der Waals surface area contributed by atoms with E-state index in [1.54, 1.807) is 22.0 Å². The normalized spacial score (nSPS) is 15.7. The monoisotopic (exact) mass is 485 g/mol. The molecule has 1 amide bonds. The van der Waals surface area contributed by atoms with E-state index in [0.29, 0.717) is 47.8 Å². The molecule has 1 unspecified atom stereocenters. The van der Waals surface area contributed by atoms with Crippen LogP contribution in [-0.2, 0) is 11.2 Å². The Balaban J connectivity index is 1.88. The lowest BCUT2D eigenvalue weighted by Crippen LogP contribution is -2.49. The van der Waals surface area contributed by atoms with Crippen LogP contribution in [0.5, 0.6) is 0 Å². The molecule has 0 bridgehead atoms. The number of amides is 1. The molecule has 8 nitrogen and oxygen atoms in total. The number of guanidine groups is 1. The number of benzene rings is 2. The summed E-state index contributed by atoms with van der Waals surface area (Å²) in [6, 6.07) is 14.4. The number of likely N-dealkylation sites (N-methyl/N-ethyl adjacent to an activating group) is 1. The molecule has 0 spiro atoms. The number of carbonyl (C=O) groups excluding carboxylic acids is 1. The minimum Gasteiger partial charge on any atom is -0.331 e. The second kappa shape index (κ2) is 11.7. The third-order valence-electron chi connectivity index (χ3n) is 5.23. The van der Waals surface area contributed by atoms with E-state index < -0.39 is 0 Å². The minimum absolute atomic E-state index is 0.100. The summed E-state index contributed by atoms with van der Waals surface area (Å²) in [6.45, 7) is 3.04. The predicted octanol–water partition coefficient (Wildman–Crippen LogP) is 2.86. The number of halogens is 2. The number of nitrogens with one attached hydrogen (secondary N) is 1. The highest BCUT2D eigenvalue weighted by atomic mass is 35.5. The molecule has 1 atom stereocenters. The Hall–Kier alpha value is -3.12. The molecule has 0 radical (unpaired) electrons. The molecule has 0 saturated carbocycles. The van der Waals surface area contributed by atoms with E-state index in [1.807, 2.05) is 49.5 Å². The van der Waals surface area contributed by atoms with Crippen LogP contribution in [0.15, 0.2) is 58.6 Å². The molecule has 0 saturated heterocycles. The summed E-state index contributed by atoms with van der Waals surface area (Å²) in [6.07, 6.45) is 2.60. The molecule has 0 aliphatic carbocycles. The molecule has 1 heterocycles. The zero-order chi connectivity index (χ0) is 23.8. The maximum Gasteiger partial charge on any atom is 0.236 e. The van der Waals surface area contributed by atoms with Gasteiger partial charge in [0.05, 0.1) is 24.8 Å². The van der Waals surface area contributed by atoms with Crippen LogP contribution >= 0.6 is 23.2 Å². The Morgan fingerprint density at radius 1 is 1.24 bits per heavy atom. The molecule has 3 rings (SSSR count). The van der Waals surface area contributed by atoms with E-state index in [0.717, 1.165) is 11.1 Å². The van der Waals surface area contributed by atoms with E-state index in [9.17, 15) is 10.1 Å². The second-order valence-corrected chi connectivity index (χ2v) is 8.17. The summed E-state index contributed by atoms with van der Waals surface area (Å²) in [7, 11) is 0. The average molecular weight is 486 g/mol. The first-order valence-electron chi connectivity index (χ1n) is 10.5. The van der Waals surface area contributed by atoms with Crippen molar-refractivity contribution in [2.75, 3.05) is 26.2 Å². The van der Waals surface area contributed by atoms with Crippen LogP contribution in [0.2, 0.25) is 10.0 Å². The van der Waals surface area contributed by atoms with Crippen molar-refractivity contribution in [3.63, 3.8) is 0 Å². The van der Waals surface area contributed by atoms with E-state index >= 15 is 0 Å². The third kappa shape index (κ3) is 6.23. The van der Waals surface area contributed by atoms with Crippen molar-refractivity contribution < 1.29 is 4.79 Å². The predicted molar refractivity (Wildman–Crippen MR) is 131 cm³/mol. The van der Waals surface area contributed by atoms with Crippen LogP contribution in [0, 0.1) is 11.5 Å². The molecular weight excluding hydrogens is 461 g/mol. The molecule has 2 aromatic carbocycles. The van der Waals surface area contributed by atoms with Gasteiger partial charge in [0.25, 0.3) is 0 Å². The standard InChI is InChI=1S/C23H25Cl2N7O/c1-2-31(21(33)13-26)20-14-32(30-22(20)17-5-9-19(25)10-6-17)23(29-15-27)28-12-11-16-3-7-18(24)8-4-16/h3-10,20H,2,11-14,26H2,1H3,(H,28,29). The fourth-order valence-electron chi connectivity index (χ4n) is 3.60. The Kier molecular flexibility index (Phi) is 8.66. The van der Waals surface area contributed by atoms with Gasteiger partial charge < -0.3 is 10.6 Å². The lowest BCUT2D eigenvalue weighted by Gasteiger charge is -2.28. The molecule has 172 valence electrons. The summed E-state index contributed by atoms with van der Waals surface area (Å²) in [4.78, 5) is 18.8. The number of nitrogens with two attached hydrogens (primary N) is 1. The van der Waals surface area contributed by atoms with Gasteiger partial charge in [0.1, 0.15) is 0 Å². The fraction of sp³-hybridized carbons (Fsp3) is 0.304. The van der Waals surface area contributed by atoms with Gasteiger partial charge in [-0.05, 0) is 43.2 Å². The number of hydrogen-bond donors (Lipinski definition) is 2. The number of nitriles is 1. The Labute approximate surface area is 203 Å². The summed E-state index contributed by atoms with van der Waals surface area (Å²) in [5.41, 5.74) is 8.23. The molecule has 2 aromatic rings. The number of hydrogen-bond acceptors (Lipinski definition) is 5. The lowest BCUT2D eigenvalue weighted by atomic mass is 10.0. The first kappa shape index (κ1) is 24.5. The number of nitrogens with zero attached hydrogens (tertiary/aromatic N) is 5. The molecule has 3 N–H and O–H groups in total. The first-order valence-corrected chi connectivity index (χ1v) is 11.3. The van der Waals surface area contributed by atoms with E-state index in [1.165, 1.54) is 0 Å². The van der Waals surface area contributed by atoms with Gasteiger partial charge in [-0.15, -0.1) is 0 Å². The summed E-state index contributed by atoms with van der Waals surface area (Å²) in [5.74, 6) is 0.136. The first-order chi connectivity index (χ1) is 16.0. The van der Waals surface area contributed by atoms with Gasteiger partial charge >= 0.3 is 0 Å². The van der Waals surface area contributed by atoms with Crippen LogP contribution in [0.3, 0.4) is 0 Å². The number of hydrazone groups is 1. The van der Waals surface area contributed by atoms with Crippen LogP contribution in [-0.4, -0.2) is 59.7 Å². The molecule has 33 heavy (non-hydrogen) atoms. The lowest BCUT2D eigenvalue weighted by molar-refractivity contribution is -0.130. The third-order valence-corrected chi connectivity index (χ3v) is 5.73. The minimum atomic E-state index is -0.353. The topological polar surface area (TPSA) is 110 Å². The summed E-state index contributed by atoms with van der Waals surface area (Å²) < 4.78 is 0. The highest BCUT2D eigenvalue weighted by Gasteiger charge is 2.35. The maximum atomic E-state index is 12.5. The van der Waals surface area contributed by atoms with Crippen molar-refractivity contribution in [3.05, 3.63) is 69.7 Å². The molecular formula is C23H25Cl2N7O. The van der Waals surface area contributed by atoms with Gasteiger partial charge in [0.2, 0.25) is 11.9 Å². The van der Waals surface area contributed by atoms with Crippen molar-refractivity contribution in [3.8, 4) is 6.19 Å². The number of carbonyl (C=O) groups is 1. The average Bonchev–Trinajstić information content (AvgIpc) is 3.25. The van der Waals surface area contributed by atoms with Crippen molar-refractivity contribution >= 4 is 40.8 Å². The van der Waals surface area contributed by atoms with Gasteiger partial charge in [-0.3, -0.25) is 15.1 Å². The second-order valence-electron chi connectivity index (χ2n) is 7.29. The highest BCUT2D eigenvalue weighted by molar-refractivity contribution is 6.31. The molecule has 1 aliphatic heterocycles.